The third kappa shape index (κ3) is 6.31. The minimum Gasteiger partial charge on any atom is -0.493 e. The molecule has 2 aromatic carbocycles. The molecule has 0 aliphatic heterocycles. The highest BCUT2D eigenvalue weighted by Crippen LogP contribution is 2.25. The van der Waals surface area contributed by atoms with Crippen LogP contribution in [0.3, 0.4) is 0 Å². The van der Waals surface area contributed by atoms with Crippen LogP contribution in [0.2, 0.25) is 0 Å². The molecule has 5 heteroatoms. The van der Waals surface area contributed by atoms with Gasteiger partial charge < -0.3 is 19.1 Å². The molecule has 0 aliphatic carbocycles. The molecule has 2 aromatic rings. The van der Waals surface area contributed by atoms with Crippen molar-refractivity contribution in [1.82, 2.24) is 4.90 Å². The van der Waals surface area contributed by atoms with Crippen LogP contribution in [0, 0.1) is 0 Å². The van der Waals surface area contributed by atoms with Gasteiger partial charge in [0.25, 0.3) is 0 Å². The summed E-state index contributed by atoms with van der Waals surface area (Å²) in [4.78, 5) is 14.2. The van der Waals surface area contributed by atoms with Crippen molar-refractivity contribution in [2.75, 3.05) is 20.3 Å². The lowest BCUT2D eigenvalue weighted by molar-refractivity contribution is 0.0208. The number of nitrogens with zero attached hydrogens (tertiary/aromatic N) is 1. The summed E-state index contributed by atoms with van der Waals surface area (Å²) in [6.07, 6.45) is -0.357. The van der Waals surface area contributed by atoms with E-state index in [0.29, 0.717) is 31.2 Å². The molecule has 0 spiro atoms. The van der Waals surface area contributed by atoms with Crippen molar-refractivity contribution in [3.63, 3.8) is 0 Å². The number of benzene rings is 2. The van der Waals surface area contributed by atoms with Gasteiger partial charge in [0.15, 0.2) is 11.5 Å². The zero-order valence-corrected chi connectivity index (χ0v) is 15.9. The second-order valence-electron chi connectivity index (χ2n) is 6.89. The first-order valence-electron chi connectivity index (χ1n) is 8.67. The van der Waals surface area contributed by atoms with Crippen molar-refractivity contribution in [2.24, 2.45) is 0 Å². The minimum absolute atomic E-state index is 0.340. The van der Waals surface area contributed by atoms with E-state index in [-0.39, 0.29) is 6.09 Å². The lowest BCUT2D eigenvalue weighted by Gasteiger charge is -2.27. The molecule has 0 radical (unpaired) electrons. The molecule has 26 heavy (non-hydrogen) atoms. The van der Waals surface area contributed by atoms with Gasteiger partial charge in [-0.15, -0.1) is 0 Å². The van der Waals surface area contributed by atoms with Crippen molar-refractivity contribution < 1.29 is 19.0 Å². The summed E-state index contributed by atoms with van der Waals surface area (Å²) >= 11 is 0. The van der Waals surface area contributed by atoms with E-state index in [2.05, 4.69) is 0 Å². The molecule has 2 rings (SSSR count). The van der Waals surface area contributed by atoms with Crippen LogP contribution in [0.4, 0.5) is 4.79 Å². The standard InChI is InChI=1S/C21H27NO4/c1-21(2,3)26-20(23)22(16-17-10-6-5-7-11-17)14-15-25-19-13-9-8-12-18(19)24-4/h5-13H,14-16H2,1-4H3. The molecule has 140 valence electrons. The molecule has 0 N–H and O–H groups in total. The fraction of sp³-hybridized carbons (Fsp3) is 0.381. The summed E-state index contributed by atoms with van der Waals surface area (Å²) < 4.78 is 16.6. The molecule has 0 atom stereocenters. The summed E-state index contributed by atoms with van der Waals surface area (Å²) in [5.74, 6) is 1.32. The molecule has 0 bridgehead atoms. The van der Waals surface area contributed by atoms with Gasteiger partial charge >= 0.3 is 6.09 Å². The Kier molecular flexibility index (Phi) is 6.89. The molecule has 1 amide bonds. The number of amides is 1. The Morgan fingerprint density at radius 2 is 1.58 bits per heavy atom. The van der Waals surface area contributed by atoms with Gasteiger partial charge in [0.1, 0.15) is 12.2 Å². The maximum Gasteiger partial charge on any atom is 0.410 e. The Morgan fingerprint density at radius 1 is 0.962 bits per heavy atom. The van der Waals surface area contributed by atoms with Gasteiger partial charge in [-0.2, -0.15) is 0 Å². The largest absolute Gasteiger partial charge is 0.493 e. The van der Waals surface area contributed by atoms with Crippen LogP contribution in [-0.2, 0) is 11.3 Å². The molecule has 0 fully saturated rings. The van der Waals surface area contributed by atoms with E-state index in [9.17, 15) is 4.79 Å². The van der Waals surface area contributed by atoms with Gasteiger partial charge in [-0.05, 0) is 38.5 Å². The summed E-state index contributed by atoms with van der Waals surface area (Å²) in [6, 6.07) is 17.3. The smallest absolute Gasteiger partial charge is 0.410 e. The van der Waals surface area contributed by atoms with E-state index in [1.807, 2.05) is 75.4 Å². The maximum absolute atomic E-state index is 12.6. The number of ether oxygens (including phenoxy) is 3. The second kappa shape index (κ2) is 9.13. The molecule has 0 unspecified atom stereocenters. The van der Waals surface area contributed by atoms with Gasteiger partial charge in [-0.25, -0.2) is 4.79 Å². The first-order chi connectivity index (χ1) is 12.4. The topological polar surface area (TPSA) is 48.0 Å². The summed E-state index contributed by atoms with van der Waals surface area (Å²) in [5.41, 5.74) is 0.492. The van der Waals surface area contributed by atoms with Crippen LogP contribution >= 0.6 is 0 Å². The van der Waals surface area contributed by atoms with Gasteiger partial charge in [0.05, 0.1) is 13.7 Å². The molecule has 0 aromatic heterocycles. The maximum atomic E-state index is 12.6. The predicted molar refractivity (Wildman–Crippen MR) is 102 cm³/mol. The number of methoxy groups -OCH3 is 1. The molecule has 0 saturated carbocycles. The molecule has 0 saturated heterocycles. The van der Waals surface area contributed by atoms with Crippen molar-refractivity contribution in [1.29, 1.82) is 0 Å². The van der Waals surface area contributed by atoms with Crippen molar-refractivity contribution in [3.8, 4) is 11.5 Å². The number of hydrogen-bond donors (Lipinski definition) is 0. The first-order valence-corrected chi connectivity index (χ1v) is 8.67. The van der Waals surface area contributed by atoms with E-state index < -0.39 is 5.60 Å². The zero-order chi connectivity index (χ0) is 19.0. The summed E-state index contributed by atoms with van der Waals surface area (Å²) in [7, 11) is 1.60. The van der Waals surface area contributed by atoms with Gasteiger partial charge in [0, 0.05) is 6.54 Å². The van der Waals surface area contributed by atoms with E-state index >= 15 is 0 Å². The number of carbonyl (C=O) groups is 1. The third-order valence-electron chi connectivity index (χ3n) is 3.56. The van der Waals surface area contributed by atoms with Crippen LogP contribution in [-0.4, -0.2) is 36.9 Å². The van der Waals surface area contributed by atoms with Crippen molar-refractivity contribution in [3.05, 3.63) is 60.2 Å². The van der Waals surface area contributed by atoms with Crippen LogP contribution in [0.1, 0.15) is 26.3 Å². The Hall–Kier alpha value is -2.69. The summed E-state index contributed by atoms with van der Waals surface area (Å²) in [5, 5.41) is 0. The third-order valence-corrected chi connectivity index (χ3v) is 3.56. The van der Waals surface area contributed by atoms with E-state index in [4.69, 9.17) is 14.2 Å². The highest BCUT2D eigenvalue weighted by molar-refractivity contribution is 5.68. The van der Waals surface area contributed by atoms with Gasteiger partial charge in [0.2, 0.25) is 0 Å². The van der Waals surface area contributed by atoms with Crippen LogP contribution in [0.15, 0.2) is 54.6 Å². The lowest BCUT2D eigenvalue weighted by Crippen LogP contribution is -2.38. The molecular weight excluding hydrogens is 330 g/mol. The summed E-state index contributed by atoms with van der Waals surface area (Å²) in [6.45, 7) is 6.78. The number of hydrogen-bond acceptors (Lipinski definition) is 4. The number of rotatable bonds is 7. The van der Waals surface area contributed by atoms with E-state index in [1.165, 1.54) is 0 Å². The Labute approximate surface area is 155 Å². The van der Waals surface area contributed by atoms with Crippen molar-refractivity contribution >= 4 is 6.09 Å². The monoisotopic (exact) mass is 357 g/mol. The molecule has 0 heterocycles. The highest BCUT2D eigenvalue weighted by Gasteiger charge is 2.22. The predicted octanol–water partition coefficient (Wildman–Crippen LogP) is 4.51. The van der Waals surface area contributed by atoms with Gasteiger partial charge in [-0.3, -0.25) is 0 Å². The zero-order valence-electron chi connectivity index (χ0n) is 15.9. The molecule has 5 nitrogen and oxygen atoms in total. The second-order valence-corrected chi connectivity index (χ2v) is 6.89. The normalized spacial score (nSPS) is 10.9. The average Bonchev–Trinajstić information content (AvgIpc) is 2.60. The first kappa shape index (κ1) is 19.6. The Balaban J connectivity index is 2.02. The Bertz CT molecular complexity index is 695. The fourth-order valence-electron chi connectivity index (χ4n) is 2.37. The molecule has 0 aliphatic rings. The minimum atomic E-state index is -0.546. The number of carbonyl (C=O) groups excluding carboxylic acids is 1. The van der Waals surface area contributed by atoms with Crippen LogP contribution < -0.4 is 9.47 Å². The van der Waals surface area contributed by atoms with Crippen LogP contribution in [0.5, 0.6) is 11.5 Å². The molecular formula is C21H27NO4. The van der Waals surface area contributed by atoms with Crippen LogP contribution in [0.25, 0.3) is 0 Å². The number of para-hydroxylation sites is 2. The quantitative estimate of drug-likeness (QED) is 0.731. The van der Waals surface area contributed by atoms with Crippen molar-refractivity contribution in [2.45, 2.75) is 32.9 Å². The SMILES string of the molecule is COc1ccccc1OCCN(Cc1ccccc1)C(=O)OC(C)(C)C. The van der Waals surface area contributed by atoms with E-state index in [0.717, 1.165) is 5.56 Å². The van der Waals surface area contributed by atoms with E-state index in [1.54, 1.807) is 12.0 Å². The fourth-order valence-corrected chi connectivity index (χ4v) is 2.37. The Morgan fingerprint density at radius 3 is 2.19 bits per heavy atom. The lowest BCUT2D eigenvalue weighted by atomic mass is 10.2. The average molecular weight is 357 g/mol. The van der Waals surface area contributed by atoms with Gasteiger partial charge in [-0.1, -0.05) is 42.5 Å². The highest BCUT2D eigenvalue weighted by atomic mass is 16.6.